The van der Waals surface area contributed by atoms with Gasteiger partial charge in [-0.2, -0.15) is 15.3 Å². The summed E-state index contributed by atoms with van der Waals surface area (Å²) in [5.41, 5.74) is 6.33. The maximum absolute atomic E-state index is 11.4. The molecule has 1 aromatic carbocycles. The third kappa shape index (κ3) is 4.20. The molecule has 1 aliphatic heterocycles. The molecular formula is C20H23N5O. The molecule has 2 heterocycles. The van der Waals surface area contributed by atoms with Crippen molar-refractivity contribution in [1.82, 2.24) is 10.4 Å². The first kappa shape index (κ1) is 17.9. The highest BCUT2D eigenvalue weighted by Crippen LogP contribution is 2.28. The van der Waals surface area contributed by atoms with Gasteiger partial charge in [-0.05, 0) is 41.3 Å². The van der Waals surface area contributed by atoms with Gasteiger partial charge in [0, 0.05) is 24.7 Å². The molecule has 1 aromatic heterocycles. The largest absolute Gasteiger partial charge is 0.273 e. The number of nitrogens with zero attached hydrogens (tertiary/aromatic N) is 4. The molecule has 6 heteroatoms. The van der Waals surface area contributed by atoms with Gasteiger partial charge in [0.1, 0.15) is 0 Å². The molecule has 26 heavy (non-hydrogen) atoms. The minimum Gasteiger partial charge on any atom is -0.273 e. The normalized spacial score (nSPS) is 18.7. The van der Waals surface area contributed by atoms with Crippen molar-refractivity contribution >= 4 is 17.3 Å². The molecule has 1 aliphatic rings. The number of rotatable bonds is 5. The number of hydrogen-bond donors (Lipinski definition) is 1. The number of pyridine rings is 1. The van der Waals surface area contributed by atoms with Crippen molar-refractivity contribution < 1.29 is 4.79 Å². The number of amides is 1. The zero-order chi connectivity index (χ0) is 18.5. The summed E-state index contributed by atoms with van der Waals surface area (Å²) in [4.78, 5) is 15.4. The van der Waals surface area contributed by atoms with E-state index in [1.165, 1.54) is 0 Å². The number of hydrogen-bond acceptors (Lipinski definition) is 5. The Morgan fingerprint density at radius 3 is 2.42 bits per heavy atom. The van der Waals surface area contributed by atoms with Crippen LogP contribution in [0.1, 0.15) is 44.4 Å². The van der Waals surface area contributed by atoms with E-state index in [1.54, 1.807) is 12.4 Å². The summed E-state index contributed by atoms with van der Waals surface area (Å²) in [6.45, 7) is 6.27. The number of nitrogens with one attached hydrogen (secondary N) is 1. The highest BCUT2D eigenvalue weighted by atomic mass is 16.2. The Kier molecular flexibility index (Phi) is 5.51. The maximum atomic E-state index is 11.4. The number of aromatic nitrogens is 1. The predicted octanol–water partition coefficient (Wildman–Crippen LogP) is 4.42. The Labute approximate surface area is 153 Å². The van der Waals surface area contributed by atoms with Gasteiger partial charge in [0.2, 0.25) is 5.91 Å². The van der Waals surface area contributed by atoms with Gasteiger partial charge in [0.15, 0.2) is 0 Å². The van der Waals surface area contributed by atoms with Crippen molar-refractivity contribution in [3.63, 3.8) is 0 Å². The van der Waals surface area contributed by atoms with Gasteiger partial charge >= 0.3 is 0 Å². The fraction of sp³-hybridized carbons (Fsp3) is 0.350. The summed E-state index contributed by atoms with van der Waals surface area (Å²) < 4.78 is 0. The van der Waals surface area contributed by atoms with E-state index in [0.29, 0.717) is 12.3 Å². The van der Waals surface area contributed by atoms with Crippen LogP contribution in [0, 0.1) is 11.8 Å². The first-order chi connectivity index (χ1) is 12.5. The number of benzene rings is 1. The van der Waals surface area contributed by atoms with E-state index in [2.05, 4.69) is 39.6 Å². The van der Waals surface area contributed by atoms with Crippen LogP contribution < -0.4 is 5.43 Å². The Hall–Kier alpha value is -2.89. The molecule has 0 saturated carbocycles. The molecule has 1 N–H and O–H groups in total. The summed E-state index contributed by atoms with van der Waals surface area (Å²) in [6, 6.07) is 11.7. The van der Waals surface area contributed by atoms with Crippen LogP contribution in [0.4, 0.5) is 5.69 Å². The van der Waals surface area contributed by atoms with E-state index in [9.17, 15) is 4.79 Å². The fourth-order valence-corrected chi connectivity index (χ4v) is 2.98. The molecule has 0 spiro atoms. The van der Waals surface area contributed by atoms with E-state index < -0.39 is 0 Å². The second-order valence-electron chi connectivity index (χ2n) is 6.87. The Morgan fingerprint density at radius 1 is 1.12 bits per heavy atom. The molecule has 0 bridgehead atoms. The number of carbonyl (C=O) groups is 1. The summed E-state index contributed by atoms with van der Waals surface area (Å²) in [5.74, 6) is 0.400. The number of carbonyl (C=O) groups excluding carboxylic acids is 1. The smallest absolute Gasteiger partial charge is 0.240 e. The van der Waals surface area contributed by atoms with Crippen LogP contribution in [-0.2, 0) is 4.79 Å². The topological polar surface area (TPSA) is 79.1 Å². The zero-order valence-corrected chi connectivity index (χ0v) is 15.3. The maximum Gasteiger partial charge on any atom is 0.240 e. The summed E-state index contributed by atoms with van der Waals surface area (Å²) in [6.07, 6.45) is 4.02. The van der Waals surface area contributed by atoms with E-state index in [0.717, 1.165) is 22.5 Å². The minimum atomic E-state index is -0.0393. The average Bonchev–Trinajstić information content (AvgIpc) is 2.63. The van der Waals surface area contributed by atoms with Crippen molar-refractivity contribution in [2.45, 2.75) is 33.2 Å². The summed E-state index contributed by atoms with van der Waals surface area (Å²) >= 11 is 0. The lowest BCUT2D eigenvalue weighted by Crippen LogP contribution is -2.31. The first-order valence-corrected chi connectivity index (χ1v) is 8.82. The molecule has 2 aromatic rings. The first-order valence-electron chi connectivity index (χ1n) is 8.82. The molecule has 0 fully saturated rings. The van der Waals surface area contributed by atoms with Gasteiger partial charge in [-0.15, -0.1) is 0 Å². The molecule has 3 rings (SSSR count). The van der Waals surface area contributed by atoms with Crippen LogP contribution in [0.25, 0.3) is 0 Å². The van der Waals surface area contributed by atoms with Gasteiger partial charge in [-0.1, -0.05) is 32.9 Å². The number of azo groups is 1. The van der Waals surface area contributed by atoms with Gasteiger partial charge in [-0.3, -0.25) is 9.78 Å². The van der Waals surface area contributed by atoms with Crippen LogP contribution in [0.5, 0.6) is 0 Å². The molecule has 0 aliphatic carbocycles. The van der Waals surface area contributed by atoms with Crippen molar-refractivity contribution in [2.75, 3.05) is 0 Å². The second-order valence-corrected chi connectivity index (χ2v) is 6.87. The highest BCUT2D eigenvalue weighted by Gasteiger charge is 2.21. The zero-order valence-electron chi connectivity index (χ0n) is 15.3. The second kappa shape index (κ2) is 7.99. The summed E-state index contributed by atoms with van der Waals surface area (Å²) in [7, 11) is 0. The number of hydrazone groups is 1. The molecule has 6 nitrogen and oxygen atoms in total. The van der Waals surface area contributed by atoms with Crippen molar-refractivity contribution in [1.29, 1.82) is 0 Å². The highest BCUT2D eigenvalue weighted by molar-refractivity contribution is 6.05. The molecule has 0 saturated heterocycles. The molecular weight excluding hydrogens is 326 g/mol. The van der Waals surface area contributed by atoms with Crippen molar-refractivity contribution in [2.24, 2.45) is 27.2 Å². The third-order valence-electron chi connectivity index (χ3n) is 4.40. The fourth-order valence-electron chi connectivity index (χ4n) is 2.98. The summed E-state index contributed by atoms with van der Waals surface area (Å²) in [5, 5.41) is 13.1. The Balaban J connectivity index is 1.76. The quantitative estimate of drug-likeness (QED) is 0.811. The Bertz CT molecular complexity index is 812. The van der Waals surface area contributed by atoms with E-state index in [1.807, 2.05) is 43.3 Å². The standard InChI is InChI=1S/C20H23N5O/c1-13(2)19(16-8-10-21-11-9-16)24-22-17-6-4-15(5-7-17)20-14(3)12-18(26)23-25-20/h4-11,13-14,19H,12H2,1-3H3,(H,23,26). The van der Waals surface area contributed by atoms with Crippen LogP contribution >= 0.6 is 0 Å². The molecule has 1 amide bonds. The molecule has 0 radical (unpaired) electrons. The SMILES string of the molecule is CC1CC(=O)NN=C1c1ccc(N=NC(c2ccncc2)C(C)C)cc1. The van der Waals surface area contributed by atoms with Crippen LogP contribution in [0.2, 0.25) is 0 Å². The van der Waals surface area contributed by atoms with E-state index in [-0.39, 0.29) is 17.9 Å². The van der Waals surface area contributed by atoms with Crippen molar-refractivity contribution in [3.8, 4) is 0 Å². The van der Waals surface area contributed by atoms with E-state index in [4.69, 9.17) is 0 Å². The lowest BCUT2D eigenvalue weighted by atomic mass is 9.94. The van der Waals surface area contributed by atoms with E-state index >= 15 is 0 Å². The minimum absolute atomic E-state index is 0.00405. The van der Waals surface area contributed by atoms with Crippen LogP contribution in [-0.4, -0.2) is 16.6 Å². The van der Waals surface area contributed by atoms with Crippen molar-refractivity contribution in [3.05, 3.63) is 59.9 Å². The molecule has 2 atom stereocenters. The van der Waals surface area contributed by atoms with Crippen LogP contribution in [0.15, 0.2) is 64.1 Å². The molecule has 134 valence electrons. The third-order valence-corrected chi connectivity index (χ3v) is 4.40. The van der Waals surface area contributed by atoms with Gasteiger partial charge in [0.05, 0.1) is 17.4 Å². The van der Waals surface area contributed by atoms with Gasteiger partial charge < -0.3 is 0 Å². The Morgan fingerprint density at radius 2 is 1.81 bits per heavy atom. The lowest BCUT2D eigenvalue weighted by Gasteiger charge is -2.19. The van der Waals surface area contributed by atoms with Gasteiger partial charge in [0.25, 0.3) is 0 Å². The lowest BCUT2D eigenvalue weighted by molar-refractivity contribution is -0.121. The average molecular weight is 349 g/mol. The predicted molar refractivity (Wildman–Crippen MR) is 101 cm³/mol. The molecule has 2 unspecified atom stereocenters. The van der Waals surface area contributed by atoms with Gasteiger partial charge in [-0.25, -0.2) is 5.43 Å². The monoisotopic (exact) mass is 349 g/mol. The van der Waals surface area contributed by atoms with Crippen LogP contribution in [0.3, 0.4) is 0 Å².